The van der Waals surface area contributed by atoms with Crippen molar-refractivity contribution >= 4 is 27.3 Å². The second kappa shape index (κ2) is 7.91. The number of hydrogen-bond acceptors (Lipinski definition) is 5. The zero-order valence-corrected chi connectivity index (χ0v) is 16.3. The van der Waals surface area contributed by atoms with Gasteiger partial charge in [-0.1, -0.05) is 12.1 Å². The standard InChI is InChI=1S/C20H16FN5O3S/c21-15-7-9-16(10-8-15)25-30(28,29)17-5-3-4-14(12-17)20(27)22-13-19-24-23-18-6-1-2-11-26(18)19/h1-12,25H,13H2,(H,22,27). The second-order valence-electron chi connectivity index (χ2n) is 6.37. The maximum absolute atomic E-state index is 13.0. The molecule has 2 aromatic carbocycles. The van der Waals surface area contributed by atoms with Crippen molar-refractivity contribution in [2.75, 3.05) is 4.72 Å². The van der Waals surface area contributed by atoms with Crippen molar-refractivity contribution in [2.24, 2.45) is 0 Å². The Labute approximate surface area is 171 Å². The van der Waals surface area contributed by atoms with Gasteiger partial charge in [-0.2, -0.15) is 0 Å². The SMILES string of the molecule is O=C(NCc1nnc2ccccn12)c1cccc(S(=O)(=O)Nc2ccc(F)cc2)c1. The summed E-state index contributed by atoms with van der Waals surface area (Å²) in [6.07, 6.45) is 1.78. The fourth-order valence-corrected chi connectivity index (χ4v) is 3.91. The fourth-order valence-electron chi connectivity index (χ4n) is 2.81. The number of carbonyl (C=O) groups is 1. The van der Waals surface area contributed by atoms with Crippen LogP contribution in [0.1, 0.15) is 16.2 Å². The first-order valence-corrected chi connectivity index (χ1v) is 10.4. The molecule has 0 bridgehead atoms. The summed E-state index contributed by atoms with van der Waals surface area (Å²) in [5.41, 5.74) is 1.04. The molecule has 8 nitrogen and oxygen atoms in total. The Hall–Kier alpha value is -3.79. The number of benzene rings is 2. The number of amides is 1. The molecule has 4 aromatic rings. The highest BCUT2D eigenvalue weighted by molar-refractivity contribution is 7.92. The van der Waals surface area contributed by atoms with Gasteiger partial charge in [-0.25, -0.2) is 12.8 Å². The minimum Gasteiger partial charge on any atom is -0.345 e. The van der Waals surface area contributed by atoms with Crippen LogP contribution in [0.25, 0.3) is 5.65 Å². The molecule has 0 fully saturated rings. The van der Waals surface area contributed by atoms with Crippen molar-refractivity contribution in [3.05, 3.63) is 90.1 Å². The van der Waals surface area contributed by atoms with Crippen LogP contribution in [0.3, 0.4) is 0 Å². The van der Waals surface area contributed by atoms with Gasteiger partial charge in [0.25, 0.3) is 15.9 Å². The Morgan fingerprint density at radius 3 is 2.60 bits per heavy atom. The first-order valence-electron chi connectivity index (χ1n) is 8.88. The van der Waals surface area contributed by atoms with E-state index in [1.807, 2.05) is 12.1 Å². The summed E-state index contributed by atoms with van der Waals surface area (Å²) in [5, 5.41) is 10.8. The third kappa shape index (κ3) is 4.13. The molecule has 0 unspecified atom stereocenters. The quantitative estimate of drug-likeness (QED) is 0.494. The van der Waals surface area contributed by atoms with E-state index in [9.17, 15) is 17.6 Å². The molecule has 0 aliphatic carbocycles. The van der Waals surface area contributed by atoms with Crippen molar-refractivity contribution in [2.45, 2.75) is 11.4 Å². The number of anilines is 1. The molecule has 10 heteroatoms. The first kappa shape index (κ1) is 19.5. The summed E-state index contributed by atoms with van der Waals surface area (Å²) in [4.78, 5) is 12.4. The molecule has 0 spiro atoms. The van der Waals surface area contributed by atoms with Crippen LogP contribution in [0, 0.1) is 5.82 Å². The smallest absolute Gasteiger partial charge is 0.261 e. The summed E-state index contributed by atoms with van der Waals surface area (Å²) in [6.45, 7) is 0.120. The molecule has 4 rings (SSSR count). The highest BCUT2D eigenvalue weighted by Gasteiger charge is 2.17. The van der Waals surface area contributed by atoms with E-state index in [2.05, 4.69) is 20.2 Å². The van der Waals surface area contributed by atoms with Crippen LogP contribution in [0.2, 0.25) is 0 Å². The molecule has 152 valence electrons. The maximum Gasteiger partial charge on any atom is 0.261 e. The molecule has 30 heavy (non-hydrogen) atoms. The van der Waals surface area contributed by atoms with Crippen LogP contribution in [0.4, 0.5) is 10.1 Å². The lowest BCUT2D eigenvalue weighted by molar-refractivity contribution is 0.0949. The molecule has 2 heterocycles. The van der Waals surface area contributed by atoms with Crippen LogP contribution in [0.5, 0.6) is 0 Å². The average molecular weight is 425 g/mol. The fraction of sp³-hybridized carbons (Fsp3) is 0.0500. The Bertz CT molecular complexity index is 1320. The highest BCUT2D eigenvalue weighted by Crippen LogP contribution is 2.17. The first-order chi connectivity index (χ1) is 14.4. The third-order valence-electron chi connectivity index (χ3n) is 4.29. The molecular formula is C20H16FN5O3S. The number of nitrogens with one attached hydrogen (secondary N) is 2. The van der Waals surface area contributed by atoms with Crippen LogP contribution < -0.4 is 10.0 Å². The van der Waals surface area contributed by atoms with E-state index in [-0.39, 0.29) is 22.7 Å². The van der Waals surface area contributed by atoms with E-state index in [4.69, 9.17) is 0 Å². The molecule has 0 saturated heterocycles. The Morgan fingerprint density at radius 2 is 1.80 bits per heavy atom. The van der Waals surface area contributed by atoms with E-state index >= 15 is 0 Å². The van der Waals surface area contributed by atoms with Gasteiger partial charge in [0.05, 0.1) is 11.4 Å². The predicted octanol–water partition coefficient (Wildman–Crippen LogP) is 2.60. The van der Waals surface area contributed by atoms with Crippen LogP contribution in [-0.4, -0.2) is 28.9 Å². The average Bonchev–Trinajstić information content (AvgIpc) is 3.17. The summed E-state index contributed by atoms with van der Waals surface area (Å²) >= 11 is 0. The van der Waals surface area contributed by atoms with Gasteiger partial charge in [-0.15, -0.1) is 10.2 Å². The number of aromatic nitrogens is 3. The predicted molar refractivity (Wildman–Crippen MR) is 108 cm³/mol. The Kier molecular flexibility index (Phi) is 5.15. The van der Waals surface area contributed by atoms with Gasteiger partial charge < -0.3 is 5.32 Å². The van der Waals surface area contributed by atoms with Gasteiger partial charge in [0, 0.05) is 17.4 Å². The minimum absolute atomic E-state index is 0.0904. The van der Waals surface area contributed by atoms with Gasteiger partial charge >= 0.3 is 0 Å². The summed E-state index contributed by atoms with van der Waals surface area (Å²) in [5.74, 6) is -0.390. The van der Waals surface area contributed by atoms with E-state index in [0.717, 1.165) is 12.1 Å². The molecule has 0 aliphatic heterocycles. The lowest BCUT2D eigenvalue weighted by Crippen LogP contribution is -2.24. The van der Waals surface area contributed by atoms with E-state index in [0.29, 0.717) is 11.5 Å². The molecule has 0 saturated carbocycles. The van der Waals surface area contributed by atoms with Crippen molar-refractivity contribution in [1.29, 1.82) is 0 Å². The van der Waals surface area contributed by atoms with Crippen LogP contribution in [-0.2, 0) is 16.6 Å². The molecule has 0 aliphatic rings. The number of pyridine rings is 1. The molecule has 0 atom stereocenters. The highest BCUT2D eigenvalue weighted by atomic mass is 32.2. The number of nitrogens with zero attached hydrogens (tertiary/aromatic N) is 3. The number of hydrogen-bond donors (Lipinski definition) is 2. The number of halogens is 1. The second-order valence-corrected chi connectivity index (χ2v) is 8.05. The van der Waals surface area contributed by atoms with Gasteiger partial charge in [-0.3, -0.25) is 13.9 Å². The zero-order chi connectivity index (χ0) is 21.1. The molecule has 1 amide bonds. The lowest BCUT2D eigenvalue weighted by Gasteiger charge is -2.10. The van der Waals surface area contributed by atoms with Gasteiger partial charge in [-0.05, 0) is 54.6 Å². The molecular weight excluding hydrogens is 409 g/mol. The molecule has 2 aromatic heterocycles. The van der Waals surface area contributed by atoms with Gasteiger partial charge in [0.15, 0.2) is 11.5 Å². The largest absolute Gasteiger partial charge is 0.345 e. The number of sulfonamides is 1. The lowest BCUT2D eigenvalue weighted by atomic mass is 10.2. The number of rotatable bonds is 6. The monoisotopic (exact) mass is 425 g/mol. The topological polar surface area (TPSA) is 105 Å². The number of carbonyl (C=O) groups excluding carboxylic acids is 1. The normalized spacial score (nSPS) is 11.4. The number of fused-ring (bicyclic) bond motifs is 1. The van der Waals surface area contributed by atoms with E-state index in [1.54, 1.807) is 16.7 Å². The molecule has 2 N–H and O–H groups in total. The van der Waals surface area contributed by atoms with E-state index < -0.39 is 21.7 Å². The third-order valence-corrected chi connectivity index (χ3v) is 5.67. The van der Waals surface area contributed by atoms with Gasteiger partial charge in [0.1, 0.15) is 5.82 Å². The van der Waals surface area contributed by atoms with Crippen molar-refractivity contribution in [3.63, 3.8) is 0 Å². The van der Waals surface area contributed by atoms with E-state index in [1.165, 1.54) is 36.4 Å². The summed E-state index contributed by atoms with van der Waals surface area (Å²) < 4.78 is 42.3. The van der Waals surface area contributed by atoms with Crippen LogP contribution >= 0.6 is 0 Å². The Balaban J connectivity index is 1.49. The van der Waals surface area contributed by atoms with Crippen molar-refractivity contribution in [3.8, 4) is 0 Å². The summed E-state index contributed by atoms with van der Waals surface area (Å²) in [7, 11) is -3.95. The zero-order valence-electron chi connectivity index (χ0n) is 15.5. The minimum atomic E-state index is -3.95. The molecule has 0 radical (unpaired) electrons. The Morgan fingerprint density at radius 1 is 1.00 bits per heavy atom. The maximum atomic E-state index is 13.0. The van der Waals surface area contributed by atoms with Crippen molar-refractivity contribution < 1.29 is 17.6 Å². The summed E-state index contributed by atoms with van der Waals surface area (Å²) in [6, 6.07) is 16.0. The van der Waals surface area contributed by atoms with Crippen molar-refractivity contribution in [1.82, 2.24) is 19.9 Å². The van der Waals surface area contributed by atoms with Gasteiger partial charge in [0.2, 0.25) is 0 Å². The van der Waals surface area contributed by atoms with Crippen LogP contribution in [0.15, 0.2) is 77.8 Å².